The summed E-state index contributed by atoms with van der Waals surface area (Å²) in [5.74, 6) is 1.50. The van der Waals surface area contributed by atoms with Crippen LogP contribution in [0.3, 0.4) is 0 Å². The van der Waals surface area contributed by atoms with Crippen LogP contribution in [0.5, 0.6) is 0 Å². The van der Waals surface area contributed by atoms with Gasteiger partial charge in [-0.25, -0.2) is 9.97 Å². The van der Waals surface area contributed by atoms with Crippen molar-refractivity contribution in [2.75, 3.05) is 12.8 Å². The predicted octanol–water partition coefficient (Wildman–Crippen LogP) is 2.92. The molecule has 1 aromatic heterocycles. The second-order valence-electron chi connectivity index (χ2n) is 5.71. The number of hydrogen-bond acceptors (Lipinski definition) is 4. The van der Waals surface area contributed by atoms with Crippen LogP contribution >= 0.6 is 0 Å². The van der Waals surface area contributed by atoms with Gasteiger partial charge < -0.3 is 10.5 Å². The highest BCUT2D eigenvalue weighted by Crippen LogP contribution is 2.34. The van der Waals surface area contributed by atoms with Crippen molar-refractivity contribution in [3.05, 3.63) is 17.6 Å². The molecule has 0 amide bonds. The predicted molar refractivity (Wildman–Crippen MR) is 69.7 cm³/mol. The molecular formula is C13H23N3O. The average molecular weight is 237 g/mol. The van der Waals surface area contributed by atoms with E-state index in [2.05, 4.69) is 44.6 Å². The highest BCUT2D eigenvalue weighted by Gasteiger charge is 2.29. The molecule has 0 saturated carbocycles. The zero-order chi connectivity index (χ0) is 13.2. The van der Waals surface area contributed by atoms with E-state index in [1.165, 1.54) is 0 Å². The first-order valence-corrected chi connectivity index (χ1v) is 5.93. The van der Waals surface area contributed by atoms with Gasteiger partial charge in [0, 0.05) is 18.9 Å². The third-order valence-corrected chi connectivity index (χ3v) is 2.63. The molecule has 2 N–H and O–H groups in total. The Bertz CT molecular complexity index is 383. The Kier molecular flexibility index (Phi) is 4.09. The van der Waals surface area contributed by atoms with E-state index in [9.17, 15) is 0 Å². The number of nitrogens with two attached hydrogens (primary N) is 1. The Balaban J connectivity index is 3.20. The van der Waals surface area contributed by atoms with Crippen LogP contribution < -0.4 is 5.73 Å². The van der Waals surface area contributed by atoms with Crippen LogP contribution in [0.25, 0.3) is 0 Å². The van der Waals surface area contributed by atoms with Gasteiger partial charge >= 0.3 is 0 Å². The molecule has 1 unspecified atom stereocenters. The number of ether oxygens (including phenoxy) is 1. The first-order valence-electron chi connectivity index (χ1n) is 5.93. The minimum atomic E-state index is -0.150. The molecule has 4 nitrogen and oxygen atoms in total. The third kappa shape index (κ3) is 3.40. The van der Waals surface area contributed by atoms with Crippen LogP contribution in [0, 0.1) is 5.41 Å². The summed E-state index contributed by atoms with van der Waals surface area (Å²) in [5.41, 5.74) is 6.72. The molecule has 1 heterocycles. The van der Waals surface area contributed by atoms with E-state index in [4.69, 9.17) is 10.5 Å². The van der Waals surface area contributed by atoms with Gasteiger partial charge in [0.2, 0.25) is 0 Å². The molecule has 17 heavy (non-hydrogen) atoms. The van der Waals surface area contributed by atoms with E-state index < -0.39 is 0 Å². The summed E-state index contributed by atoms with van der Waals surface area (Å²) in [5, 5.41) is 0. The lowest BCUT2D eigenvalue weighted by Gasteiger charge is -2.28. The molecule has 0 bridgehead atoms. The Hall–Kier alpha value is -1.16. The largest absolute Gasteiger partial charge is 0.384 e. The molecular weight excluding hydrogens is 214 g/mol. The number of nitrogens with zero attached hydrogens (tertiary/aromatic N) is 2. The quantitative estimate of drug-likeness (QED) is 0.878. The van der Waals surface area contributed by atoms with E-state index in [0.29, 0.717) is 17.6 Å². The second-order valence-corrected chi connectivity index (χ2v) is 5.71. The molecule has 0 aliphatic carbocycles. The van der Waals surface area contributed by atoms with Crippen LogP contribution in [-0.2, 0) is 4.74 Å². The summed E-state index contributed by atoms with van der Waals surface area (Å²) in [6.07, 6.45) is -0.150. The molecule has 1 rings (SSSR count). The van der Waals surface area contributed by atoms with Crippen LogP contribution in [0.2, 0.25) is 0 Å². The molecule has 0 fully saturated rings. The first-order chi connectivity index (χ1) is 7.75. The summed E-state index contributed by atoms with van der Waals surface area (Å²) in [7, 11) is 1.68. The highest BCUT2D eigenvalue weighted by atomic mass is 16.5. The van der Waals surface area contributed by atoms with Gasteiger partial charge in [0.15, 0.2) is 5.82 Å². The van der Waals surface area contributed by atoms with Gasteiger partial charge in [-0.2, -0.15) is 0 Å². The molecule has 0 aromatic carbocycles. The second kappa shape index (κ2) is 5.00. The zero-order valence-electron chi connectivity index (χ0n) is 11.6. The number of hydrogen-bond donors (Lipinski definition) is 1. The lowest BCUT2D eigenvalue weighted by Crippen LogP contribution is -2.23. The molecule has 96 valence electrons. The average Bonchev–Trinajstić information content (AvgIpc) is 2.15. The monoisotopic (exact) mass is 237 g/mol. The SMILES string of the molecule is COC(c1nc(N)cc(C(C)C)n1)C(C)(C)C. The lowest BCUT2D eigenvalue weighted by molar-refractivity contribution is 0.00859. The Morgan fingerprint density at radius 2 is 1.82 bits per heavy atom. The Morgan fingerprint density at radius 1 is 1.24 bits per heavy atom. The molecule has 4 heteroatoms. The van der Waals surface area contributed by atoms with Gasteiger partial charge in [-0.1, -0.05) is 34.6 Å². The van der Waals surface area contributed by atoms with E-state index >= 15 is 0 Å². The van der Waals surface area contributed by atoms with Gasteiger partial charge in [0.1, 0.15) is 11.9 Å². The number of nitrogen functional groups attached to an aromatic ring is 1. The summed E-state index contributed by atoms with van der Waals surface area (Å²) in [6.45, 7) is 10.5. The first kappa shape index (κ1) is 13.9. The van der Waals surface area contributed by atoms with Crippen molar-refractivity contribution in [3.8, 4) is 0 Å². The topological polar surface area (TPSA) is 61.0 Å². The van der Waals surface area contributed by atoms with Gasteiger partial charge in [-0.3, -0.25) is 0 Å². The van der Waals surface area contributed by atoms with Crippen LogP contribution in [0.15, 0.2) is 6.07 Å². The van der Waals surface area contributed by atoms with Crippen molar-refractivity contribution in [1.29, 1.82) is 0 Å². The zero-order valence-corrected chi connectivity index (χ0v) is 11.6. The van der Waals surface area contributed by atoms with Crippen LogP contribution in [0.4, 0.5) is 5.82 Å². The Morgan fingerprint density at radius 3 is 2.24 bits per heavy atom. The number of aromatic nitrogens is 2. The van der Waals surface area contributed by atoms with Crippen molar-refractivity contribution in [3.63, 3.8) is 0 Å². The summed E-state index contributed by atoms with van der Waals surface area (Å²) in [4.78, 5) is 8.85. The number of methoxy groups -OCH3 is 1. The van der Waals surface area contributed by atoms with Gasteiger partial charge in [0.25, 0.3) is 0 Å². The third-order valence-electron chi connectivity index (χ3n) is 2.63. The molecule has 0 saturated heterocycles. The van der Waals surface area contributed by atoms with Crippen molar-refractivity contribution in [1.82, 2.24) is 9.97 Å². The van der Waals surface area contributed by atoms with Crippen molar-refractivity contribution in [2.24, 2.45) is 5.41 Å². The maximum atomic E-state index is 5.83. The van der Waals surface area contributed by atoms with E-state index in [0.717, 1.165) is 5.69 Å². The van der Waals surface area contributed by atoms with Gasteiger partial charge in [-0.15, -0.1) is 0 Å². The normalized spacial score (nSPS) is 14.1. The number of rotatable bonds is 3. The lowest BCUT2D eigenvalue weighted by atomic mass is 9.88. The fourth-order valence-corrected chi connectivity index (χ4v) is 1.76. The van der Waals surface area contributed by atoms with E-state index in [-0.39, 0.29) is 11.5 Å². The minimum Gasteiger partial charge on any atom is -0.384 e. The highest BCUT2D eigenvalue weighted by molar-refractivity contribution is 5.31. The van der Waals surface area contributed by atoms with E-state index in [1.54, 1.807) is 7.11 Å². The maximum absolute atomic E-state index is 5.83. The summed E-state index contributed by atoms with van der Waals surface area (Å²) >= 11 is 0. The molecule has 0 spiro atoms. The van der Waals surface area contributed by atoms with Crippen molar-refractivity contribution >= 4 is 5.82 Å². The summed E-state index contributed by atoms with van der Waals surface area (Å²) in [6, 6.07) is 1.82. The fraction of sp³-hybridized carbons (Fsp3) is 0.692. The fourth-order valence-electron chi connectivity index (χ4n) is 1.76. The van der Waals surface area contributed by atoms with Gasteiger partial charge in [-0.05, 0) is 11.3 Å². The maximum Gasteiger partial charge on any atom is 0.160 e. The van der Waals surface area contributed by atoms with Crippen molar-refractivity contribution < 1.29 is 4.74 Å². The van der Waals surface area contributed by atoms with Crippen LogP contribution in [0.1, 0.15) is 58.2 Å². The Labute approximate surface area is 104 Å². The molecule has 0 aliphatic rings. The standard InChI is InChI=1S/C13H23N3O/c1-8(2)9-7-10(14)16-12(15-9)11(17-6)13(3,4)5/h7-8,11H,1-6H3,(H2,14,15,16). The van der Waals surface area contributed by atoms with Crippen LogP contribution in [-0.4, -0.2) is 17.1 Å². The van der Waals surface area contributed by atoms with E-state index in [1.807, 2.05) is 6.07 Å². The molecule has 0 radical (unpaired) electrons. The summed E-state index contributed by atoms with van der Waals surface area (Å²) < 4.78 is 5.51. The molecule has 1 atom stereocenters. The molecule has 1 aromatic rings. The minimum absolute atomic E-state index is 0.0587. The van der Waals surface area contributed by atoms with Crippen molar-refractivity contribution in [2.45, 2.75) is 46.6 Å². The smallest absolute Gasteiger partial charge is 0.160 e. The van der Waals surface area contributed by atoms with Gasteiger partial charge in [0.05, 0.1) is 0 Å². The number of anilines is 1. The molecule has 0 aliphatic heterocycles.